The smallest absolute Gasteiger partial charge is 0.410 e. The normalized spacial score (nSPS) is 19.8. The van der Waals surface area contributed by atoms with Crippen LogP contribution < -0.4 is 11.3 Å². The fourth-order valence-electron chi connectivity index (χ4n) is 2.07. The van der Waals surface area contributed by atoms with E-state index >= 15 is 0 Å². The lowest BCUT2D eigenvalue weighted by Crippen LogP contribution is -2.40. The van der Waals surface area contributed by atoms with Crippen molar-refractivity contribution in [1.29, 1.82) is 0 Å². The van der Waals surface area contributed by atoms with Gasteiger partial charge in [-0.2, -0.15) is 0 Å². The highest BCUT2D eigenvalue weighted by Crippen LogP contribution is 2.23. The number of carbonyl (C=O) groups is 2. The highest BCUT2D eigenvalue weighted by molar-refractivity contribution is 5.75. The summed E-state index contributed by atoms with van der Waals surface area (Å²) in [7, 11) is 0. The van der Waals surface area contributed by atoms with Crippen molar-refractivity contribution < 1.29 is 14.3 Å². The van der Waals surface area contributed by atoms with Gasteiger partial charge in [0.05, 0.1) is 0 Å². The van der Waals surface area contributed by atoms with E-state index in [1.807, 2.05) is 20.8 Å². The van der Waals surface area contributed by atoms with Crippen LogP contribution in [0.15, 0.2) is 0 Å². The molecular weight excluding hydrogens is 234 g/mol. The predicted molar refractivity (Wildman–Crippen MR) is 67.5 cm³/mol. The lowest BCUT2D eigenvalue weighted by Gasteiger charge is -2.28. The molecule has 104 valence electrons. The molecule has 6 nitrogen and oxygen atoms in total. The van der Waals surface area contributed by atoms with Crippen LogP contribution in [-0.2, 0) is 9.53 Å². The second-order valence-corrected chi connectivity index (χ2v) is 5.58. The van der Waals surface area contributed by atoms with Crippen molar-refractivity contribution in [2.75, 3.05) is 6.54 Å². The molecule has 1 fully saturated rings. The highest BCUT2D eigenvalue weighted by Gasteiger charge is 2.32. The topological polar surface area (TPSA) is 84.7 Å². The van der Waals surface area contributed by atoms with Crippen LogP contribution in [0.1, 0.15) is 46.5 Å². The van der Waals surface area contributed by atoms with Crippen LogP contribution in [0.2, 0.25) is 0 Å². The summed E-state index contributed by atoms with van der Waals surface area (Å²) in [4.78, 5) is 24.8. The van der Waals surface area contributed by atoms with E-state index in [0.29, 0.717) is 19.4 Å². The number of hydrogen-bond acceptors (Lipinski definition) is 4. The van der Waals surface area contributed by atoms with Gasteiger partial charge in [-0.15, -0.1) is 0 Å². The van der Waals surface area contributed by atoms with E-state index in [1.165, 1.54) is 0 Å². The number of ether oxygens (including phenoxy) is 1. The molecule has 0 aromatic heterocycles. The Bertz CT molecular complexity index is 312. The van der Waals surface area contributed by atoms with Crippen molar-refractivity contribution in [2.45, 2.75) is 58.1 Å². The first-order valence-electron chi connectivity index (χ1n) is 6.32. The molecule has 2 amide bonds. The molecule has 1 aliphatic heterocycles. The molecule has 18 heavy (non-hydrogen) atoms. The summed E-state index contributed by atoms with van der Waals surface area (Å²) in [5.74, 6) is 4.83. The summed E-state index contributed by atoms with van der Waals surface area (Å²) in [5.41, 5.74) is 1.61. The SMILES string of the molecule is CC(C)(C)OC(=O)N1CCCC1CCC(=O)NN. The van der Waals surface area contributed by atoms with Crippen molar-refractivity contribution in [3.8, 4) is 0 Å². The van der Waals surface area contributed by atoms with E-state index in [4.69, 9.17) is 10.6 Å². The fraction of sp³-hybridized carbons (Fsp3) is 0.833. The maximum atomic E-state index is 12.0. The third kappa shape index (κ3) is 4.52. The van der Waals surface area contributed by atoms with Crippen molar-refractivity contribution >= 4 is 12.0 Å². The summed E-state index contributed by atoms with van der Waals surface area (Å²) in [6.07, 6.45) is 2.53. The minimum absolute atomic E-state index is 0.0807. The minimum atomic E-state index is -0.487. The molecule has 1 saturated heterocycles. The molecule has 1 aliphatic rings. The molecule has 1 rings (SSSR count). The zero-order chi connectivity index (χ0) is 13.8. The number of rotatable bonds is 3. The van der Waals surface area contributed by atoms with Gasteiger partial charge in [0.25, 0.3) is 0 Å². The Balaban J connectivity index is 2.49. The molecule has 0 aromatic carbocycles. The largest absolute Gasteiger partial charge is 0.444 e. The maximum Gasteiger partial charge on any atom is 0.410 e. The van der Waals surface area contributed by atoms with Gasteiger partial charge in [-0.1, -0.05) is 0 Å². The average Bonchev–Trinajstić information content (AvgIpc) is 2.71. The van der Waals surface area contributed by atoms with Crippen LogP contribution in [0.5, 0.6) is 0 Å². The predicted octanol–water partition coefficient (Wildman–Crippen LogP) is 1.16. The molecule has 0 radical (unpaired) electrons. The van der Waals surface area contributed by atoms with E-state index in [9.17, 15) is 9.59 Å². The average molecular weight is 257 g/mol. The molecule has 3 N–H and O–H groups in total. The van der Waals surface area contributed by atoms with Gasteiger partial charge >= 0.3 is 6.09 Å². The van der Waals surface area contributed by atoms with E-state index in [2.05, 4.69) is 5.43 Å². The molecule has 0 saturated carbocycles. The van der Waals surface area contributed by atoms with Crippen LogP contribution in [0.25, 0.3) is 0 Å². The van der Waals surface area contributed by atoms with Gasteiger partial charge in [0, 0.05) is 19.0 Å². The van der Waals surface area contributed by atoms with Crippen LogP contribution >= 0.6 is 0 Å². The summed E-state index contributed by atoms with van der Waals surface area (Å²) in [5, 5.41) is 0. The molecule has 0 spiro atoms. The van der Waals surface area contributed by atoms with E-state index in [-0.39, 0.29) is 18.0 Å². The maximum absolute atomic E-state index is 12.0. The van der Waals surface area contributed by atoms with E-state index in [0.717, 1.165) is 12.8 Å². The third-order valence-electron chi connectivity index (χ3n) is 2.87. The zero-order valence-corrected chi connectivity index (χ0v) is 11.4. The second kappa shape index (κ2) is 6.04. The van der Waals surface area contributed by atoms with Crippen LogP contribution in [-0.4, -0.2) is 35.1 Å². The number of amides is 2. The quantitative estimate of drug-likeness (QED) is 0.451. The number of hydrazine groups is 1. The van der Waals surface area contributed by atoms with Gasteiger partial charge in [-0.25, -0.2) is 10.6 Å². The van der Waals surface area contributed by atoms with Crippen LogP contribution in [0.3, 0.4) is 0 Å². The lowest BCUT2D eigenvalue weighted by atomic mass is 10.1. The van der Waals surface area contributed by atoms with Crippen molar-refractivity contribution in [2.24, 2.45) is 5.84 Å². The highest BCUT2D eigenvalue weighted by atomic mass is 16.6. The molecule has 0 aromatic rings. The molecule has 0 aliphatic carbocycles. The molecule has 1 unspecified atom stereocenters. The van der Waals surface area contributed by atoms with Crippen molar-refractivity contribution in [3.05, 3.63) is 0 Å². The number of nitrogens with two attached hydrogens (primary N) is 1. The first-order chi connectivity index (χ1) is 8.33. The summed E-state index contributed by atoms with van der Waals surface area (Å²) in [6.45, 7) is 6.23. The fourth-order valence-corrected chi connectivity index (χ4v) is 2.07. The van der Waals surface area contributed by atoms with E-state index < -0.39 is 5.60 Å². The van der Waals surface area contributed by atoms with Gasteiger partial charge in [0.2, 0.25) is 5.91 Å². The first kappa shape index (κ1) is 14.8. The van der Waals surface area contributed by atoms with Gasteiger partial charge < -0.3 is 9.64 Å². The summed E-state index contributed by atoms with van der Waals surface area (Å²) in [6, 6.07) is 0.0807. The Labute approximate surface area is 108 Å². The number of likely N-dealkylation sites (tertiary alicyclic amines) is 1. The summed E-state index contributed by atoms with van der Waals surface area (Å²) < 4.78 is 5.35. The molecule has 6 heteroatoms. The van der Waals surface area contributed by atoms with Gasteiger partial charge in [0.1, 0.15) is 5.60 Å². The monoisotopic (exact) mass is 257 g/mol. The molecule has 0 bridgehead atoms. The van der Waals surface area contributed by atoms with Gasteiger partial charge in [-0.05, 0) is 40.0 Å². The van der Waals surface area contributed by atoms with E-state index in [1.54, 1.807) is 4.90 Å². The minimum Gasteiger partial charge on any atom is -0.444 e. The standard InChI is InChI=1S/C12H23N3O3/c1-12(2,3)18-11(17)15-8-4-5-9(15)6-7-10(16)14-13/h9H,4-8,13H2,1-3H3,(H,14,16). The zero-order valence-electron chi connectivity index (χ0n) is 11.4. The molecular formula is C12H23N3O3. The number of nitrogens with zero attached hydrogens (tertiary/aromatic N) is 1. The molecule has 1 atom stereocenters. The summed E-state index contributed by atoms with van der Waals surface area (Å²) >= 11 is 0. The van der Waals surface area contributed by atoms with Gasteiger partial charge in [-0.3, -0.25) is 10.2 Å². The van der Waals surface area contributed by atoms with Gasteiger partial charge in [0.15, 0.2) is 0 Å². The Morgan fingerprint density at radius 1 is 1.44 bits per heavy atom. The number of nitrogens with one attached hydrogen (secondary N) is 1. The van der Waals surface area contributed by atoms with Crippen LogP contribution in [0.4, 0.5) is 4.79 Å². The van der Waals surface area contributed by atoms with Crippen LogP contribution in [0, 0.1) is 0 Å². The Kier molecular flexibility index (Phi) is 4.95. The Morgan fingerprint density at radius 3 is 2.67 bits per heavy atom. The lowest BCUT2D eigenvalue weighted by molar-refractivity contribution is -0.121. The second-order valence-electron chi connectivity index (χ2n) is 5.58. The first-order valence-corrected chi connectivity index (χ1v) is 6.32. The number of hydrogen-bond donors (Lipinski definition) is 2. The Morgan fingerprint density at radius 2 is 2.11 bits per heavy atom. The Hall–Kier alpha value is -1.30. The van der Waals surface area contributed by atoms with Crippen molar-refractivity contribution in [3.63, 3.8) is 0 Å². The van der Waals surface area contributed by atoms with Crippen molar-refractivity contribution in [1.82, 2.24) is 10.3 Å². The third-order valence-corrected chi connectivity index (χ3v) is 2.87. The number of carbonyl (C=O) groups excluding carboxylic acids is 2. The molecule has 1 heterocycles.